The summed E-state index contributed by atoms with van der Waals surface area (Å²) in [6, 6.07) is 0. The van der Waals surface area contributed by atoms with Crippen molar-refractivity contribution in [2.45, 2.75) is 30.3 Å². The Hall–Kier alpha value is 0.990. The van der Waals surface area contributed by atoms with Gasteiger partial charge < -0.3 is 12.4 Å². The molecule has 2 rings (SSSR count). The van der Waals surface area contributed by atoms with Crippen molar-refractivity contribution in [2.24, 2.45) is 0 Å². The lowest BCUT2D eigenvalue weighted by Crippen LogP contribution is -3.00. The van der Waals surface area contributed by atoms with Crippen LogP contribution >= 0.6 is 11.8 Å². The van der Waals surface area contributed by atoms with Crippen LogP contribution in [0.15, 0.2) is 0 Å². The third-order valence-corrected chi connectivity index (χ3v) is 7.93. The van der Waals surface area contributed by atoms with E-state index in [1.807, 2.05) is 0 Å². The Balaban J connectivity index is 0.000000605. The minimum atomic E-state index is 0. The second kappa shape index (κ2) is 3.80. The lowest BCUT2D eigenvalue weighted by molar-refractivity contribution is -0.00000206. The van der Waals surface area contributed by atoms with E-state index in [0.29, 0.717) is 0 Å². The molecule has 0 amide bonds. The van der Waals surface area contributed by atoms with E-state index in [0.717, 1.165) is 15.0 Å². The van der Waals surface area contributed by atoms with Gasteiger partial charge in [-0.25, -0.2) is 0 Å². The summed E-state index contributed by atoms with van der Waals surface area (Å²) in [5.41, 5.74) is 0. The molecule has 11 heavy (non-hydrogen) atoms. The zero-order valence-electron chi connectivity index (χ0n) is 6.94. The maximum absolute atomic E-state index is 2.49. The molecule has 0 nitrogen and oxygen atoms in total. The van der Waals surface area contributed by atoms with E-state index in [-0.39, 0.29) is 12.4 Å². The fraction of sp³-hybridized carbons (Fsp3) is 1.00. The molecule has 3 heteroatoms. The lowest BCUT2D eigenvalue weighted by atomic mass is 10.3. The Kier molecular flexibility index (Phi) is 3.48. The molecule has 2 atom stereocenters. The highest BCUT2D eigenvalue weighted by atomic mass is 35.5. The topological polar surface area (TPSA) is 0 Å². The summed E-state index contributed by atoms with van der Waals surface area (Å²) in [7, 11) is 0.812. The van der Waals surface area contributed by atoms with Gasteiger partial charge in [-0.2, -0.15) is 0 Å². The minimum Gasteiger partial charge on any atom is -1.00 e. The smallest absolute Gasteiger partial charge is 0.170 e. The molecule has 2 heterocycles. The monoisotopic (exact) mass is 210 g/mol. The van der Waals surface area contributed by atoms with Crippen molar-refractivity contribution in [1.29, 1.82) is 0 Å². The minimum absolute atomic E-state index is 0. The Morgan fingerprint density at radius 1 is 1.27 bits per heavy atom. The molecule has 2 unspecified atom stereocenters. The largest absolute Gasteiger partial charge is 1.00 e. The summed E-state index contributed by atoms with van der Waals surface area (Å²) < 4.78 is 0.734. The average Bonchev–Trinajstić information content (AvgIpc) is 2.29. The van der Waals surface area contributed by atoms with Crippen molar-refractivity contribution in [3.63, 3.8) is 0 Å². The molecule has 0 aromatic rings. The SMILES string of the molecule is CC12CCC[S+]1CCCS2.[Cl-]. The number of hydrogen-bond donors (Lipinski definition) is 0. The van der Waals surface area contributed by atoms with Crippen molar-refractivity contribution in [2.75, 3.05) is 17.3 Å². The molecule has 2 aliphatic rings. The zero-order chi connectivity index (χ0) is 7.03. The highest BCUT2D eigenvalue weighted by molar-refractivity contribution is 8.17. The highest BCUT2D eigenvalue weighted by Gasteiger charge is 2.49. The van der Waals surface area contributed by atoms with Crippen molar-refractivity contribution < 1.29 is 12.4 Å². The second-order valence-electron chi connectivity index (χ2n) is 3.34. The van der Waals surface area contributed by atoms with Crippen LogP contribution in [-0.2, 0) is 10.9 Å². The predicted molar refractivity (Wildman–Crippen MR) is 51.8 cm³/mol. The van der Waals surface area contributed by atoms with Gasteiger partial charge in [0.05, 0.1) is 0 Å². The van der Waals surface area contributed by atoms with Crippen LogP contribution < -0.4 is 12.4 Å². The molecule has 0 aromatic heterocycles. The molecule has 2 aliphatic heterocycles. The van der Waals surface area contributed by atoms with E-state index in [9.17, 15) is 0 Å². The second-order valence-corrected chi connectivity index (χ2v) is 7.90. The number of rotatable bonds is 0. The van der Waals surface area contributed by atoms with Gasteiger partial charge in [-0.1, -0.05) is 0 Å². The van der Waals surface area contributed by atoms with Gasteiger partial charge in [-0.15, -0.1) is 11.8 Å². The quantitative estimate of drug-likeness (QED) is 0.475. The Bertz CT molecular complexity index is 140. The van der Waals surface area contributed by atoms with Crippen LogP contribution in [0.2, 0.25) is 0 Å². The van der Waals surface area contributed by atoms with Crippen molar-refractivity contribution in [3.05, 3.63) is 0 Å². The van der Waals surface area contributed by atoms with Gasteiger partial charge in [0.1, 0.15) is 11.5 Å². The fourth-order valence-electron chi connectivity index (χ4n) is 1.92. The normalized spacial score (nSPS) is 42.8. The van der Waals surface area contributed by atoms with Crippen molar-refractivity contribution >= 4 is 22.7 Å². The fourth-order valence-corrected chi connectivity index (χ4v) is 7.02. The number of halogens is 1. The van der Waals surface area contributed by atoms with Gasteiger partial charge in [0, 0.05) is 29.5 Å². The molecule has 2 saturated heterocycles. The molecule has 66 valence electrons. The molecule has 0 bridgehead atoms. The van der Waals surface area contributed by atoms with E-state index < -0.39 is 0 Å². The summed E-state index contributed by atoms with van der Waals surface area (Å²) in [5.74, 6) is 4.52. The predicted octanol–water partition coefficient (Wildman–Crippen LogP) is -0.744. The van der Waals surface area contributed by atoms with Gasteiger partial charge in [0.25, 0.3) is 0 Å². The molecule has 0 N–H and O–H groups in total. The van der Waals surface area contributed by atoms with Crippen LogP contribution in [0.3, 0.4) is 0 Å². The molecular formula is C8H15ClS2. The first-order chi connectivity index (χ1) is 4.81. The third kappa shape index (κ3) is 1.84. The van der Waals surface area contributed by atoms with Crippen LogP contribution in [0.5, 0.6) is 0 Å². The van der Waals surface area contributed by atoms with E-state index in [1.165, 1.54) is 25.0 Å². The summed E-state index contributed by atoms with van der Waals surface area (Å²) in [6.45, 7) is 2.49. The summed E-state index contributed by atoms with van der Waals surface area (Å²) >= 11 is 2.25. The van der Waals surface area contributed by atoms with Gasteiger partial charge in [-0.05, 0) is 13.3 Å². The van der Waals surface area contributed by atoms with Crippen molar-refractivity contribution in [1.82, 2.24) is 0 Å². The zero-order valence-corrected chi connectivity index (χ0v) is 9.33. The summed E-state index contributed by atoms with van der Waals surface area (Å²) in [6.07, 6.45) is 4.50. The van der Waals surface area contributed by atoms with Crippen LogP contribution in [0.25, 0.3) is 0 Å². The van der Waals surface area contributed by atoms with E-state index in [2.05, 4.69) is 18.7 Å². The molecule has 0 aromatic carbocycles. The molecule has 0 radical (unpaired) electrons. The first-order valence-corrected chi connectivity index (χ1v) is 6.68. The lowest BCUT2D eigenvalue weighted by Gasteiger charge is -2.26. The van der Waals surface area contributed by atoms with Crippen LogP contribution in [0.4, 0.5) is 0 Å². The van der Waals surface area contributed by atoms with Gasteiger partial charge in [-0.3, -0.25) is 0 Å². The third-order valence-electron chi connectivity index (χ3n) is 2.57. The Morgan fingerprint density at radius 3 is 2.73 bits per heavy atom. The molecular weight excluding hydrogens is 196 g/mol. The van der Waals surface area contributed by atoms with Crippen molar-refractivity contribution in [3.8, 4) is 0 Å². The van der Waals surface area contributed by atoms with E-state index >= 15 is 0 Å². The standard InChI is InChI=1S/C8H15S2.ClH/c1-8-4-2-6-10(8)7-3-5-9-8;/h2-7H2,1H3;1H/q+1;/p-1. The van der Waals surface area contributed by atoms with Gasteiger partial charge >= 0.3 is 0 Å². The van der Waals surface area contributed by atoms with E-state index in [1.54, 1.807) is 11.5 Å². The Labute approximate surface area is 82.6 Å². The molecule has 0 saturated carbocycles. The van der Waals surface area contributed by atoms with Gasteiger partial charge in [0.15, 0.2) is 4.08 Å². The van der Waals surface area contributed by atoms with Crippen LogP contribution in [-0.4, -0.2) is 21.3 Å². The maximum atomic E-state index is 2.49. The number of fused-ring (bicyclic) bond motifs is 1. The average molecular weight is 211 g/mol. The van der Waals surface area contributed by atoms with Crippen LogP contribution in [0.1, 0.15) is 26.2 Å². The van der Waals surface area contributed by atoms with Gasteiger partial charge in [0.2, 0.25) is 0 Å². The number of thioether (sulfide) groups is 1. The molecule has 0 spiro atoms. The first-order valence-electron chi connectivity index (χ1n) is 4.13. The Morgan fingerprint density at radius 2 is 2.00 bits per heavy atom. The van der Waals surface area contributed by atoms with Crippen LogP contribution in [0, 0.1) is 0 Å². The first kappa shape index (κ1) is 10.1. The number of hydrogen-bond acceptors (Lipinski definition) is 1. The maximum Gasteiger partial charge on any atom is 0.170 e. The summed E-state index contributed by atoms with van der Waals surface area (Å²) in [4.78, 5) is 0. The summed E-state index contributed by atoms with van der Waals surface area (Å²) in [5, 5.41) is 0. The molecule has 0 aliphatic carbocycles. The highest BCUT2D eigenvalue weighted by Crippen LogP contribution is 2.46. The molecule has 2 fully saturated rings. The van der Waals surface area contributed by atoms with E-state index in [4.69, 9.17) is 0 Å².